The number of nitrogens with zero attached hydrogens (tertiary/aromatic N) is 1. The van der Waals surface area contributed by atoms with Crippen LogP contribution in [0.2, 0.25) is 0 Å². The van der Waals surface area contributed by atoms with Gasteiger partial charge in [-0.1, -0.05) is 13.8 Å². The minimum absolute atomic E-state index is 0.379. The van der Waals surface area contributed by atoms with Gasteiger partial charge in [0.1, 0.15) is 0 Å². The Morgan fingerprint density at radius 3 is 2.67 bits per heavy atom. The first kappa shape index (κ1) is 14.3. The second-order valence-corrected chi connectivity index (χ2v) is 6.51. The molecule has 1 N–H and O–H groups in total. The summed E-state index contributed by atoms with van der Waals surface area (Å²) in [5, 5.41) is 3.74. The Morgan fingerprint density at radius 2 is 2.06 bits per heavy atom. The first-order chi connectivity index (χ1) is 8.58. The van der Waals surface area contributed by atoms with Crippen LogP contribution in [-0.4, -0.2) is 49.3 Å². The normalized spacial score (nSPS) is 38.5. The number of rotatable bonds is 4. The van der Waals surface area contributed by atoms with Crippen molar-refractivity contribution in [3.63, 3.8) is 0 Å². The zero-order valence-electron chi connectivity index (χ0n) is 12.5. The van der Waals surface area contributed by atoms with Crippen molar-refractivity contribution < 1.29 is 4.74 Å². The Labute approximate surface area is 112 Å². The first-order valence-electron chi connectivity index (χ1n) is 7.67. The summed E-state index contributed by atoms with van der Waals surface area (Å²) in [6.07, 6.45) is 3.09. The van der Waals surface area contributed by atoms with Crippen molar-refractivity contribution in [1.29, 1.82) is 0 Å². The van der Waals surface area contributed by atoms with Crippen LogP contribution in [0.25, 0.3) is 0 Å². The van der Waals surface area contributed by atoms with E-state index in [1.54, 1.807) is 0 Å². The van der Waals surface area contributed by atoms with E-state index in [1.807, 2.05) is 0 Å². The molecule has 2 rings (SSSR count). The molecule has 2 fully saturated rings. The van der Waals surface area contributed by atoms with Crippen molar-refractivity contribution in [2.24, 2.45) is 11.8 Å². The highest BCUT2D eigenvalue weighted by Gasteiger charge is 2.30. The van der Waals surface area contributed by atoms with Gasteiger partial charge in [-0.15, -0.1) is 0 Å². The number of hydrogen-bond acceptors (Lipinski definition) is 3. The number of morpholine rings is 1. The fourth-order valence-corrected chi connectivity index (χ4v) is 3.27. The molecule has 0 amide bonds. The molecule has 0 spiro atoms. The molecular weight excluding hydrogens is 224 g/mol. The highest BCUT2D eigenvalue weighted by molar-refractivity contribution is 4.86. The molecular formula is C15H30N2O. The van der Waals surface area contributed by atoms with Crippen LogP contribution in [0.15, 0.2) is 0 Å². The molecule has 18 heavy (non-hydrogen) atoms. The fraction of sp³-hybridized carbons (Fsp3) is 1.00. The van der Waals surface area contributed by atoms with Crippen molar-refractivity contribution >= 4 is 0 Å². The van der Waals surface area contributed by atoms with Gasteiger partial charge < -0.3 is 10.1 Å². The van der Waals surface area contributed by atoms with Gasteiger partial charge in [0.25, 0.3) is 0 Å². The van der Waals surface area contributed by atoms with Crippen LogP contribution in [0, 0.1) is 11.8 Å². The van der Waals surface area contributed by atoms with Crippen LogP contribution >= 0.6 is 0 Å². The molecule has 3 heteroatoms. The van der Waals surface area contributed by atoms with Crippen LogP contribution in [0.1, 0.15) is 40.5 Å². The number of ether oxygens (including phenoxy) is 1. The molecule has 0 aromatic heterocycles. The average Bonchev–Trinajstić information content (AvgIpc) is 2.68. The van der Waals surface area contributed by atoms with Crippen LogP contribution in [0.4, 0.5) is 0 Å². The zero-order chi connectivity index (χ0) is 13.1. The van der Waals surface area contributed by atoms with E-state index < -0.39 is 0 Å². The summed E-state index contributed by atoms with van der Waals surface area (Å²) in [7, 11) is 0. The van der Waals surface area contributed by atoms with Crippen LogP contribution < -0.4 is 5.32 Å². The van der Waals surface area contributed by atoms with Crippen molar-refractivity contribution in [3.05, 3.63) is 0 Å². The molecule has 0 aromatic rings. The number of hydrogen-bond donors (Lipinski definition) is 1. The molecule has 1 aliphatic heterocycles. The maximum Gasteiger partial charge on any atom is 0.0826 e. The first-order valence-corrected chi connectivity index (χ1v) is 7.67. The van der Waals surface area contributed by atoms with Crippen molar-refractivity contribution in [2.75, 3.05) is 26.2 Å². The third-order valence-electron chi connectivity index (χ3n) is 4.97. The van der Waals surface area contributed by atoms with Gasteiger partial charge in [-0.25, -0.2) is 0 Å². The van der Waals surface area contributed by atoms with E-state index in [1.165, 1.54) is 12.8 Å². The Bertz CT molecular complexity index is 257. The van der Waals surface area contributed by atoms with Gasteiger partial charge in [0.2, 0.25) is 0 Å². The van der Waals surface area contributed by atoms with Gasteiger partial charge in [0.05, 0.1) is 12.7 Å². The summed E-state index contributed by atoms with van der Waals surface area (Å²) < 4.78 is 5.88. The summed E-state index contributed by atoms with van der Waals surface area (Å²) in [6, 6.07) is 1.35. The Hall–Kier alpha value is -0.120. The second-order valence-electron chi connectivity index (χ2n) is 6.51. The van der Waals surface area contributed by atoms with Gasteiger partial charge in [-0.2, -0.15) is 0 Å². The second kappa shape index (κ2) is 6.36. The van der Waals surface area contributed by atoms with E-state index in [2.05, 4.69) is 37.9 Å². The Balaban J connectivity index is 1.73. The number of nitrogens with one attached hydrogen (secondary N) is 1. The largest absolute Gasteiger partial charge is 0.374 e. The van der Waals surface area contributed by atoms with Gasteiger partial charge in [0.15, 0.2) is 0 Å². The fourth-order valence-electron chi connectivity index (χ4n) is 3.27. The van der Waals surface area contributed by atoms with Crippen LogP contribution in [0.5, 0.6) is 0 Å². The smallest absolute Gasteiger partial charge is 0.0826 e. The monoisotopic (exact) mass is 254 g/mol. The quantitative estimate of drug-likeness (QED) is 0.832. The third-order valence-corrected chi connectivity index (χ3v) is 4.97. The molecule has 0 bridgehead atoms. The van der Waals surface area contributed by atoms with E-state index in [9.17, 15) is 0 Å². The molecule has 1 saturated heterocycles. The van der Waals surface area contributed by atoms with E-state index in [0.717, 1.165) is 38.1 Å². The van der Waals surface area contributed by atoms with E-state index in [0.29, 0.717) is 18.2 Å². The third kappa shape index (κ3) is 3.46. The van der Waals surface area contributed by atoms with Gasteiger partial charge in [-0.3, -0.25) is 4.90 Å². The molecule has 3 nitrogen and oxygen atoms in total. The lowest BCUT2D eigenvalue weighted by molar-refractivity contribution is -0.0385. The minimum atomic E-state index is 0.379. The molecule has 4 unspecified atom stereocenters. The zero-order valence-corrected chi connectivity index (χ0v) is 12.5. The summed E-state index contributed by atoms with van der Waals surface area (Å²) in [6.45, 7) is 13.4. The predicted octanol–water partition coefficient (Wildman–Crippen LogP) is 2.12. The average molecular weight is 254 g/mol. The molecule has 1 heterocycles. The SMILES string of the molecule is CC1CCC(NCC2CN(C(C)C)CCO2)C1C. The molecule has 1 saturated carbocycles. The molecule has 4 atom stereocenters. The summed E-state index contributed by atoms with van der Waals surface area (Å²) in [5.41, 5.74) is 0. The Kier molecular flexibility index (Phi) is 5.05. The van der Waals surface area contributed by atoms with Crippen LogP contribution in [-0.2, 0) is 4.74 Å². The van der Waals surface area contributed by atoms with Crippen molar-refractivity contribution in [3.8, 4) is 0 Å². The molecule has 1 aliphatic carbocycles. The molecule has 2 aliphatic rings. The van der Waals surface area contributed by atoms with E-state index in [-0.39, 0.29) is 0 Å². The molecule has 106 valence electrons. The van der Waals surface area contributed by atoms with Gasteiger partial charge >= 0.3 is 0 Å². The topological polar surface area (TPSA) is 24.5 Å². The lowest BCUT2D eigenvalue weighted by atomic mass is 9.98. The van der Waals surface area contributed by atoms with Crippen molar-refractivity contribution in [1.82, 2.24) is 10.2 Å². The predicted molar refractivity (Wildman–Crippen MR) is 75.8 cm³/mol. The Morgan fingerprint density at radius 1 is 1.28 bits per heavy atom. The summed E-state index contributed by atoms with van der Waals surface area (Å²) in [5.74, 6) is 1.69. The lowest BCUT2D eigenvalue weighted by Crippen LogP contribution is -2.50. The van der Waals surface area contributed by atoms with Crippen molar-refractivity contribution in [2.45, 2.75) is 58.7 Å². The summed E-state index contributed by atoms with van der Waals surface area (Å²) >= 11 is 0. The molecule has 0 radical (unpaired) electrons. The minimum Gasteiger partial charge on any atom is -0.374 e. The lowest BCUT2D eigenvalue weighted by Gasteiger charge is -2.36. The maximum atomic E-state index is 5.88. The summed E-state index contributed by atoms with van der Waals surface area (Å²) in [4.78, 5) is 2.52. The van der Waals surface area contributed by atoms with Crippen LogP contribution in [0.3, 0.4) is 0 Å². The van der Waals surface area contributed by atoms with E-state index >= 15 is 0 Å². The highest BCUT2D eigenvalue weighted by Crippen LogP contribution is 2.31. The molecule has 0 aromatic carbocycles. The van der Waals surface area contributed by atoms with Gasteiger partial charge in [-0.05, 0) is 38.5 Å². The maximum absolute atomic E-state index is 5.88. The van der Waals surface area contributed by atoms with E-state index in [4.69, 9.17) is 4.74 Å². The van der Waals surface area contributed by atoms with Gasteiger partial charge in [0, 0.05) is 31.7 Å². The standard InChI is InChI=1S/C15H30N2O/c1-11(2)17-7-8-18-14(10-17)9-16-15-6-5-12(3)13(15)4/h11-16H,5-10H2,1-4H3. The highest BCUT2D eigenvalue weighted by atomic mass is 16.5.